The van der Waals surface area contributed by atoms with Gasteiger partial charge in [-0.1, -0.05) is 18.2 Å². The van der Waals surface area contributed by atoms with Crippen molar-refractivity contribution in [3.8, 4) is 23.0 Å². The van der Waals surface area contributed by atoms with Crippen LogP contribution in [0.4, 0.5) is 4.79 Å². The fourth-order valence-electron chi connectivity index (χ4n) is 3.77. The molecule has 2 aromatic rings. The molecular formula is C21H20N2O6. The highest BCUT2D eigenvalue weighted by atomic mass is 16.6. The Bertz CT molecular complexity index is 993. The minimum absolute atomic E-state index is 0.0964. The fourth-order valence-corrected chi connectivity index (χ4v) is 3.77. The molecule has 3 heterocycles. The number of para-hydroxylation sites is 2. The van der Waals surface area contributed by atoms with Crippen molar-refractivity contribution in [2.75, 3.05) is 26.4 Å². The molecule has 8 nitrogen and oxygen atoms in total. The van der Waals surface area contributed by atoms with Crippen LogP contribution in [0.15, 0.2) is 42.5 Å². The van der Waals surface area contributed by atoms with Crippen molar-refractivity contribution >= 4 is 11.9 Å². The molecule has 0 radical (unpaired) electrons. The molecule has 0 unspecified atom stereocenters. The van der Waals surface area contributed by atoms with E-state index in [0.717, 1.165) is 0 Å². The molecule has 0 saturated carbocycles. The molecule has 150 valence electrons. The number of fused-ring (bicyclic) bond motifs is 2. The largest absolute Gasteiger partial charge is 0.486 e. The van der Waals surface area contributed by atoms with E-state index in [2.05, 4.69) is 5.32 Å². The molecule has 8 heteroatoms. The molecule has 29 heavy (non-hydrogen) atoms. The lowest BCUT2D eigenvalue weighted by molar-refractivity contribution is -0.132. The minimum atomic E-state index is -1.19. The third-order valence-electron chi connectivity index (χ3n) is 5.35. The van der Waals surface area contributed by atoms with E-state index < -0.39 is 17.7 Å². The van der Waals surface area contributed by atoms with Gasteiger partial charge in [0.15, 0.2) is 29.1 Å². The zero-order chi connectivity index (χ0) is 20.0. The number of carbonyl (C=O) groups is 2. The van der Waals surface area contributed by atoms with Crippen LogP contribution in [0.5, 0.6) is 23.0 Å². The van der Waals surface area contributed by atoms with Crippen LogP contribution >= 0.6 is 0 Å². The van der Waals surface area contributed by atoms with Gasteiger partial charge in [-0.2, -0.15) is 0 Å². The second-order valence-electron chi connectivity index (χ2n) is 7.33. The van der Waals surface area contributed by atoms with Gasteiger partial charge >= 0.3 is 6.03 Å². The lowest BCUT2D eigenvalue weighted by Crippen LogP contribution is -2.45. The Hall–Kier alpha value is -3.42. The van der Waals surface area contributed by atoms with E-state index in [9.17, 15) is 9.59 Å². The van der Waals surface area contributed by atoms with Gasteiger partial charge in [-0.25, -0.2) is 4.79 Å². The number of rotatable bonds is 3. The SMILES string of the molecule is C[C@@]1(c2ccc3c(c2)OCCO3)NC(=O)N(C[C@@H]2COc3ccccc3O2)C1=O. The third kappa shape index (κ3) is 2.91. The normalized spacial score (nSPS) is 25.0. The van der Waals surface area contributed by atoms with E-state index in [0.29, 0.717) is 41.8 Å². The molecule has 0 aromatic heterocycles. The summed E-state index contributed by atoms with van der Waals surface area (Å²) in [5.41, 5.74) is -0.561. The highest BCUT2D eigenvalue weighted by molar-refractivity contribution is 6.07. The monoisotopic (exact) mass is 396 g/mol. The summed E-state index contributed by atoms with van der Waals surface area (Å²) in [4.78, 5) is 27.0. The van der Waals surface area contributed by atoms with Crippen LogP contribution in [0.1, 0.15) is 12.5 Å². The smallest absolute Gasteiger partial charge is 0.325 e. The number of nitrogens with one attached hydrogen (secondary N) is 1. The Labute approximate surface area is 167 Å². The molecule has 0 bridgehead atoms. The van der Waals surface area contributed by atoms with Crippen molar-refractivity contribution in [3.63, 3.8) is 0 Å². The highest BCUT2D eigenvalue weighted by Gasteiger charge is 2.50. The zero-order valence-corrected chi connectivity index (χ0v) is 15.8. The number of imide groups is 1. The molecule has 3 aliphatic rings. The summed E-state index contributed by atoms with van der Waals surface area (Å²) in [6.45, 7) is 2.97. The van der Waals surface area contributed by atoms with Crippen LogP contribution in [-0.4, -0.2) is 49.3 Å². The van der Waals surface area contributed by atoms with Gasteiger partial charge in [0.25, 0.3) is 5.91 Å². The van der Waals surface area contributed by atoms with Gasteiger partial charge in [0.1, 0.15) is 25.4 Å². The van der Waals surface area contributed by atoms with Gasteiger partial charge in [0.05, 0.1) is 6.54 Å². The molecule has 3 aliphatic heterocycles. The van der Waals surface area contributed by atoms with Crippen LogP contribution in [0, 0.1) is 0 Å². The van der Waals surface area contributed by atoms with Crippen LogP contribution < -0.4 is 24.3 Å². The summed E-state index contributed by atoms with van der Waals surface area (Å²) in [6.07, 6.45) is -0.442. The van der Waals surface area contributed by atoms with Crippen molar-refractivity contribution in [2.24, 2.45) is 0 Å². The molecule has 5 rings (SSSR count). The van der Waals surface area contributed by atoms with Gasteiger partial charge in [-0.3, -0.25) is 9.69 Å². The first-order chi connectivity index (χ1) is 14.0. The molecular weight excluding hydrogens is 376 g/mol. The number of nitrogens with zero attached hydrogens (tertiary/aromatic N) is 1. The number of hydrogen-bond donors (Lipinski definition) is 1. The average Bonchev–Trinajstić information content (AvgIpc) is 2.97. The van der Waals surface area contributed by atoms with E-state index in [1.807, 2.05) is 18.2 Å². The van der Waals surface area contributed by atoms with Crippen molar-refractivity contribution in [1.82, 2.24) is 10.2 Å². The van der Waals surface area contributed by atoms with Gasteiger partial charge < -0.3 is 24.3 Å². The summed E-state index contributed by atoms with van der Waals surface area (Å²) >= 11 is 0. The second kappa shape index (κ2) is 6.58. The Kier molecular flexibility index (Phi) is 4.01. The standard InChI is InChI=1S/C21H20N2O6/c1-21(13-6-7-16-18(10-13)27-9-8-26-16)19(24)23(20(25)22-21)11-14-12-28-15-4-2-3-5-17(15)29-14/h2-7,10,14H,8-9,11-12H2,1H3,(H,22,25)/t14-,21+/m1/s1. The topological polar surface area (TPSA) is 86.3 Å². The predicted molar refractivity (Wildman–Crippen MR) is 101 cm³/mol. The predicted octanol–water partition coefficient (Wildman–Crippen LogP) is 2.06. The van der Waals surface area contributed by atoms with Crippen LogP contribution in [-0.2, 0) is 10.3 Å². The molecule has 2 aromatic carbocycles. The molecule has 1 N–H and O–H groups in total. The van der Waals surface area contributed by atoms with Crippen molar-refractivity contribution < 1.29 is 28.5 Å². The number of urea groups is 1. The van der Waals surface area contributed by atoms with Crippen molar-refractivity contribution in [2.45, 2.75) is 18.6 Å². The lowest BCUT2D eigenvalue weighted by atomic mass is 9.91. The van der Waals surface area contributed by atoms with E-state index in [1.165, 1.54) is 4.90 Å². The van der Waals surface area contributed by atoms with Gasteiger partial charge in [0, 0.05) is 0 Å². The Morgan fingerprint density at radius 2 is 1.72 bits per heavy atom. The van der Waals surface area contributed by atoms with Crippen LogP contribution in [0.2, 0.25) is 0 Å². The lowest BCUT2D eigenvalue weighted by Gasteiger charge is -2.29. The van der Waals surface area contributed by atoms with E-state index in [4.69, 9.17) is 18.9 Å². The van der Waals surface area contributed by atoms with Crippen LogP contribution in [0.25, 0.3) is 0 Å². The van der Waals surface area contributed by atoms with Crippen LogP contribution in [0.3, 0.4) is 0 Å². The number of ether oxygens (including phenoxy) is 4. The van der Waals surface area contributed by atoms with E-state index in [1.54, 1.807) is 31.2 Å². The van der Waals surface area contributed by atoms with Gasteiger partial charge in [-0.15, -0.1) is 0 Å². The second-order valence-corrected chi connectivity index (χ2v) is 7.33. The maximum absolute atomic E-state index is 13.2. The molecule has 0 spiro atoms. The van der Waals surface area contributed by atoms with E-state index in [-0.39, 0.29) is 19.1 Å². The summed E-state index contributed by atoms with van der Waals surface area (Å²) in [5, 5.41) is 2.81. The summed E-state index contributed by atoms with van der Waals surface area (Å²) in [6, 6.07) is 12.1. The average molecular weight is 396 g/mol. The molecule has 3 amide bonds. The number of hydrogen-bond acceptors (Lipinski definition) is 6. The first-order valence-corrected chi connectivity index (χ1v) is 9.47. The molecule has 1 fully saturated rings. The first-order valence-electron chi connectivity index (χ1n) is 9.47. The Morgan fingerprint density at radius 3 is 2.55 bits per heavy atom. The first kappa shape index (κ1) is 17.7. The zero-order valence-electron chi connectivity index (χ0n) is 15.8. The summed E-state index contributed by atoms with van der Waals surface area (Å²) < 4.78 is 22.7. The molecule has 1 saturated heterocycles. The quantitative estimate of drug-likeness (QED) is 0.800. The highest BCUT2D eigenvalue weighted by Crippen LogP contribution is 2.37. The number of carbonyl (C=O) groups excluding carboxylic acids is 2. The summed E-state index contributed by atoms with van der Waals surface area (Å²) in [5.74, 6) is 2.11. The van der Waals surface area contributed by atoms with E-state index >= 15 is 0 Å². The maximum atomic E-state index is 13.2. The number of amides is 3. The van der Waals surface area contributed by atoms with Crippen molar-refractivity contribution in [3.05, 3.63) is 48.0 Å². The van der Waals surface area contributed by atoms with Gasteiger partial charge in [0.2, 0.25) is 0 Å². The fraction of sp³-hybridized carbons (Fsp3) is 0.333. The minimum Gasteiger partial charge on any atom is -0.486 e. The number of benzene rings is 2. The maximum Gasteiger partial charge on any atom is 0.325 e. The summed E-state index contributed by atoms with van der Waals surface area (Å²) in [7, 11) is 0. The Balaban J connectivity index is 1.36. The molecule has 0 aliphatic carbocycles. The van der Waals surface area contributed by atoms with Crippen molar-refractivity contribution in [1.29, 1.82) is 0 Å². The van der Waals surface area contributed by atoms with Gasteiger partial charge in [-0.05, 0) is 36.8 Å². The third-order valence-corrected chi connectivity index (χ3v) is 5.35. The Morgan fingerprint density at radius 1 is 1.00 bits per heavy atom. The molecule has 2 atom stereocenters.